The number of hydrogen-bond donors (Lipinski definition) is 1. The van der Waals surface area contributed by atoms with Crippen LogP contribution < -0.4 is 10.1 Å². The number of halogens is 1. The van der Waals surface area contributed by atoms with Crippen LogP contribution in [0.25, 0.3) is 0 Å². The molecule has 1 aromatic carbocycles. The van der Waals surface area contributed by atoms with Crippen LogP contribution in [0.4, 0.5) is 0 Å². The maximum atomic E-state index is 12.7. The van der Waals surface area contributed by atoms with E-state index in [4.69, 9.17) is 16.3 Å². The Morgan fingerprint density at radius 1 is 1.23 bits per heavy atom. The van der Waals surface area contributed by atoms with Crippen LogP contribution in [0, 0.1) is 5.92 Å². The average molecular weight is 372 g/mol. The number of aromatic nitrogens is 1. The van der Waals surface area contributed by atoms with Gasteiger partial charge in [-0.25, -0.2) is 4.98 Å². The van der Waals surface area contributed by atoms with Gasteiger partial charge in [0.2, 0.25) is 0 Å². The lowest BCUT2D eigenvalue weighted by molar-refractivity contribution is 0.0217. The lowest BCUT2D eigenvalue weighted by Crippen LogP contribution is -2.62. The van der Waals surface area contributed by atoms with Crippen molar-refractivity contribution in [2.75, 3.05) is 13.1 Å². The first kappa shape index (κ1) is 17.3. The van der Waals surface area contributed by atoms with Gasteiger partial charge in [-0.1, -0.05) is 11.6 Å². The average Bonchev–Trinajstić information content (AvgIpc) is 2.67. The normalized spacial score (nSPS) is 27.2. The smallest absolute Gasteiger partial charge is 0.251 e. The summed E-state index contributed by atoms with van der Waals surface area (Å²) in [7, 11) is 0. The molecule has 0 radical (unpaired) electrons. The molecule has 0 unspecified atom stereocenters. The highest BCUT2D eigenvalue weighted by molar-refractivity contribution is 6.30. The van der Waals surface area contributed by atoms with Crippen molar-refractivity contribution in [3.8, 4) is 11.5 Å². The largest absolute Gasteiger partial charge is 0.454 e. The molecular weight excluding hydrogens is 350 g/mol. The summed E-state index contributed by atoms with van der Waals surface area (Å²) in [6.45, 7) is 4.52. The van der Waals surface area contributed by atoms with Gasteiger partial charge in [-0.05, 0) is 75.2 Å². The molecule has 6 heteroatoms. The van der Waals surface area contributed by atoms with Crippen LogP contribution in [0.15, 0.2) is 42.6 Å². The Morgan fingerprint density at radius 3 is 2.62 bits per heavy atom. The quantitative estimate of drug-likeness (QED) is 0.832. The number of nitrogens with one attached hydrogen (secondary N) is 1. The van der Waals surface area contributed by atoms with E-state index in [1.165, 1.54) is 12.8 Å². The van der Waals surface area contributed by atoms with E-state index in [2.05, 4.69) is 22.1 Å². The van der Waals surface area contributed by atoms with Crippen molar-refractivity contribution >= 4 is 17.5 Å². The van der Waals surface area contributed by atoms with Crippen LogP contribution in [0.1, 0.15) is 30.1 Å². The number of rotatable bonds is 4. The molecule has 2 bridgehead atoms. The van der Waals surface area contributed by atoms with Gasteiger partial charge in [0.25, 0.3) is 5.91 Å². The molecule has 4 heterocycles. The Morgan fingerprint density at radius 2 is 1.96 bits per heavy atom. The second-order valence-corrected chi connectivity index (χ2v) is 7.39. The summed E-state index contributed by atoms with van der Waals surface area (Å²) in [4.78, 5) is 19.1. The van der Waals surface area contributed by atoms with Crippen LogP contribution >= 0.6 is 11.6 Å². The number of amides is 1. The van der Waals surface area contributed by atoms with Crippen LogP contribution in [0.2, 0.25) is 5.15 Å². The van der Waals surface area contributed by atoms with E-state index in [0.29, 0.717) is 34.2 Å². The van der Waals surface area contributed by atoms with Crippen molar-refractivity contribution in [2.45, 2.75) is 31.8 Å². The first-order valence-corrected chi connectivity index (χ1v) is 9.43. The summed E-state index contributed by atoms with van der Waals surface area (Å²) >= 11 is 6.00. The first-order chi connectivity index (χ1) is 12.6. The maximum Gasteiger partial charge on any atom is 0.251 e. The Labute approximate surface area is 158 Å². The lowest BCUT2D eigenvalue weighted by Gasteiger charge is -2.49. The summed E-state index contributed by atoms with van der Waals surface area (Å²) in [5.74, 6) is 1.68. The number of pyridine rings is 1. The van der Waals surface area contributed by atoms with Gasteiger partial charge in [-0.15, -0.1) is 0 Å². The van der Waals surface area contributed by atoms with Gasteiger partial charge < -0.3 is 10.1 Å². The molecule has 0 aliphatic carbocycles. The fraction of sp³-hybridized carbons (Fsp3) is 0.400. The SMILES string of the molecule is C[C@H]1[C@H](NC(=O)c2ccc(Oc3cccnc3Cl)cc2)C2CCN1CC2. The summed E-state index contributed by atoms with van der Waals surface area (Å²) in [6, 6.07) is 11.3. The standard InChI is InChI=1S/C20H22ClN3O2/c1-13-18(14-8-11-24(13)12-9-14)23-20(25)15-4-6-16(7-5-15)26-17-3-2-10-22-19(17)21/h2-7,10,13-14,18H,8-9,11-12H2,1H3,(H,23,25)/t13-,18-/m0/s1. The Kier molecular flexibility index (Phi) is 4.83. The number of carbonyl (C=O) groups excluding carboxylic acids is 1. The molecule has 0 spiro atoms. The predicted octanol–water partition coefficient (Wildman–Crippen LogP) is 3.74. The third kappa shape index (κ3) is 3.41. The van der Waals surface area contributed by atoms with E-state index >= 15 is 0 Å². The molecule has 5 nitrogen and oxygen atoms in total. The predicted molar refractivity (Wildman–Crippen MR) is 101 cm³/mol. The molecule has 1 aromatic heterocycles. The second-order valence-electron chi connectivity index (χ2n) is 7.03. The van der Waals surface area contributed by atoms with Gasteiger partial charge in [-0.3, -0.25) is 9.69 Å². The van der Waals surface area contributed by atoms with E-state index in [9.17, 15) is 4.79 Å². The van der Waals surface area contributed by atoms with Gasteiger partial charge in [0.1, 0.15) is 5.75 Å². The Hall–Kier alpha value is -2.11. The van der Waals surface area contributed by atoms with E-state index < -0.39 is 0 Å². The van der Waals surface area contributed by atoms with Gasteiger partial charge in [-0.2, -0.15) is 0 Å². The number of carbonyl (C=O) groups is 1. The van der Waals surface area contributed by atoms with Crippen molar-refractivity contribution in [3.05, 3.63) is 53.3 Å². The number of hydrogen-bond acceptors (Lipinski definition) is 4. The van der Waals surface area contributed by atoms with Crippen molar-refractivity contribution in [3.63, 3.8) is 0 Å². The van der Waals surface area contributed by atoms with E-state index in [1.54, 1.807) is 42.6 Å². The summed E-state index contributed by atoms with van der Waals surface area (Å²) in [5.41, 5.74) is 0.637. The summed E-state index contributed by atoms with van der Waals surface area (Å²) in [6.07, 6.45) is 3.96. The molecule has 1 amide bonds. The number of piperidine rings is 3. The monoisotopic (exact) mass is 371 g/mol. The molecule has 3 saturated heterocycles. The second kappa shape index (κ2) is 7.25. The Bertz CT molecular complexity index is 786. The first-order valence-electron chi connectivity index (χ1n) is 9.05. The van der Waals surface area contributed by atoms with Crippen LogP contribution in [0.5, 0.6) is 11.5 Å². The fourth-order valence-electron chi connectivity index (χ4n) is 4.03. The van der Waals surface area contributed by atoms with Crippen molar-refractivity contribution in [1.82, 2.24) is 15.2 Å². The summed E-state index contributed by atoms with van der Waals surface area (Å²) in [5, 5.41) is 3.55. The fourth-order valence-corrected chi connectivity index (χ4v) is 4.19. The molecule has 5 rings (SSSR count). The highest BCUT2D eigenvalue weighted by Gasteiger charge is 2.40. The molecule has 3 aliphatic rings. The zero-order chi connectivity index (χ0) is 18.1. The van der Waals surface area contributed by atoms with Crippen molar-refractivity contribution in [2.24, 2.45) is 5.92 Å². The van der Waals surface area contributed by atoms with Crippen LogP contribution in [0.3, 0.4) is 0 Å². The van der Waals surface area contributed by atoms with Crippen LogP contribution in [-0.2, 0) is 0 Å². The number of ether oxygens (including phenoxy) is 1. The minimum Gasteiger partial charge on any atom is -0.454 e. The topological polar surface area (TPSA) is 54.5 Å². The maximum absolute atomic E-state index is 12.7. The minimum absolute atomic E-state index is 0.0263. The third-order valence-electron chi connectivity index (χ3n) is 5.54. The van der Waals surface area contributed by atoms with E-state index in [-0.39, 0.29) is 11.9 Å². The third-order valence-corrected chi connectivity index (χ3v) is 5.83. The Balaban J connectivity index is 1.42. The molecule has 3 fully saturated rings. The van der Waals surface area contributed by atoms with Crippen molar-refractivity contribution in [1.29, 1.82) is 0 Å². The van der Waals surface area contributed by atoms with Gasteiger partial charge >= 0.3 is 0 Å². The van der Waals surface area contributed by atoms with E-state index in [1.807, 2.05) is 0 Å². The van der Waals surface area contributed by atoms with Gasteiger partial charge in [0.15, 0.2) is 10.9 Å². The van der Waals surface area contributed by atoms with E-state index in [0.717, 1.165) is 13.1 Å². The zero-order valence-corrected chi connectivity index (χ0v) is 15.4. The van der Waals surface area contributed by atoms with Crippen molar-refractivity contribution < 1.29 is 9.53 Å². The molecule has 0 saturated carbocycles. The number of benzene rings is 1. The molecule has 26 heavy (non-hydrogen) atoms. The van der Waals surface area contributed by atoms with Gasteiger partial charge in [0, 0.05) is 23.8 Å². The number of fused-ring (bicyclic) bond motifs is 3. The molecular formula is C20H22ClN3O2. The molecule has 2 atom stereocenters. The van der Waals surface area contributed by atoms with Gasteiger partial charge in [0.05, 0.1) is 0 Å². The molecule has 1 N–H and O–H groups in total. The molecule has 2 aromatic rings. The summed E-state index contributed by atoms with van der Waals surface area (Å²) < 4.78 is 5.72. The molecule has 3 aliphatic heterocycles. The highest BCUT2D eigenvalue weighted by atomic mass is 35.5. The van der Waals surface area contributed by atoms with Crippen LogP contribution in [-0.4, -0.2) is 41.0 Å². The minimum atomic E-state index is -0.0263. The molecule has 136 valence electrons. The number of nitrogens with zero attached hydrogens (tertiary/aromatic N) is 2. The zero-order valence-electron chi connectivity index (χ0n) is 14.7. The highest BCUT2D eigenvalue weighted by Crippen LogP contribution is 2.32. The lowest BCUT2D eigenvalue weighted by atomic mass is 9.79.